The number of rotatable bonds is 14. The highest BCUT2D eigenvalue weighted by Crippen LogP contribution is 2.39. The predicted molar refractivity (Wildman–Crippen MR) is 184 cm³/mol. The Hall–Kier alpha value is -3.96. The van der Waals surface area contributed by atoms with Crippen LogP contribution in [0.4, 0.5) is 0 Å². The van der Waals surface area contributed by atoms with Crippen molar-refractivity contribution >= 4 is 23.6 Å². The molecule has 7 N–H and O–H groups in total. The first-order valence-electron chi connectivity index (χ1n) is 17.2. The average molecular weight is 664 g/mol. The highest BCUT2D eigenvalue weighted by atomic mass is 16.3. The molecule has 2 aliphatic rings. The van der Waals surface area contributed by atoms with Crippen LogP contribution in [0, 0.1) is 11.8 Å². The summed E-state index contributed by atoms with van der Waals surface area (Å²) >= 11 is 0. The highest BCUT2D eigenvalue weighted by Gasteiger charge is 2.42. The summed E-state index contributed by atoms with van der Waals surface area (Å²) in [5, 5.41) is 30.0. The van der Waals surface area contributed by atoms with E-state index >= 15 is 0 Å². The maximum atomic E-state index is 13.7. The van der Waals surface area contributed by atoms with Crippen molar-refractivity contribution < 1.29 is 29.4 Å². The summed E-state index contributed by atoms with van der Waals surface area (Å²) in [6.07, 6.45) is 4.51. The minimum Gasteiger partial charge on any atom is -0.508 e. The Morgan fingerprint density at radius 2 is 1.60 bits per heavy atom. The third kappa shape index (κ3) is 11.3. The Bertz CT molecular complexity index is 1380. The van der Waals surface area contributed by atoms with Gasteiger partial charge in [-0.3, -0.25) is 24.1 Å². The fourth-order valence-electron chi connectivity index (χ4n) is 7.03. The van der Waals surface area contributed by atoms with E-state index in [2.05, 4.69) is 20.9 Å². The molecule has 1 aliphatic carbocycles. The summed E-state index contributed by atoms with van der Waals surface area (Å²) in [5.41, 5.74) is 6.79. The number of fused-ring (bicyclic) bond motifs is 1. The number of benzene rings is 2. The topological polar surface area (TPSA) is 174 Å². The van der Waals surface area contributed by atoms with Crippen LogP contribution in [0.1, 0.15) is 76.8 Å². The van der Waals surface area contributed by atoms with E-state index in [0.29, 0.717) is 31.2 Å². The third-order valence-electron chi connectivity index (χ3n) is 9.45. The number of primary amides is 1. The molecule has 0 spiro atoms. The van der Waals surface area contributed by atoms with Gasteiger partial charge in [0.05, 0.1) is 24.6 Å². The van der Waals surface area contributed by atoms with E-state index in [-0.39, 0.29) is 24.6 Å². The standard InChI is InChI=1S/C37H53N5O6/c1-37(2,3)41-36(48)31-20-26-11-7-8-12-27(26)22-42(31)23-32(44)29(19-25-9-5-4-6-10-25)40-35(47)30(21-33(38)45)39-34(46)18-15-24-13-16-28(43)17-14-24/h4-6,9-10,13-14,16-17,26-27,29-32,43-44H,7-8,11-12,15,18-23H2,1-3H3,(H2,38,45)(H,39,46)(H,40,47)(H,41,48)/t26-,27+,29-,30-,31-,32+/m0/s1. The summed E-state index contributed by atoms with van der Waals surface area (Å²) in [5.74, 6) is -0.835. The number of aromatic hydroxyl groups is 1. The van der Waals surface area contributed by atoms with Crippen LogP contribution in [0.25, 0.3) is 0 Å². The number of nitrogens with two attached hydrogens (primary N) is 1. The van der Waals surface area contributed by atoms with Gasteiger partial charge in [0.2, 0.25) is 23.6 Å². The number of phenols is 1. The van der Waals surface area contributed by atoms with E-state index < -0.39 is 53.9 Å². The van der Waals surface area contributed by atoms with E-state index in [4.69, 9.17) is 5.73 Å². The maximum absolute atomic E-state index is 13.7. The smallest absolute Gasteiger partial charge is 0.243 e. The van der Waals surface area contributed by atoms with Gasteiger partial charge >= 0.3 is 0 Å². The molecule has 11 heteroatoms. The number of hydrogen-bond donors (Lipinski definition) is 6. The van der Waals surface area contributed by atoms with Crippen LogP contribution in [0.5, 0.6) is 5.75 Å². The Morgan fingerprint density at radius 1 is 0.938 bits per heavy atom. The van der Waals surface area contributed by atoms with Crippen LogP contribution in [-0.2, 0) is 32.0 Å². The number of likely N-dealkylation sites (tertiary alicyclic amines) is 1. The molecule has 4 amide bonds. The number of nitrogens with zero attached hydrogens (tertiary/aromatic N) is 1. The van der Waals surface area contributed by atoms with Gasteiger partial charge in [0.25, 0.3) is 0 Å². The van der Waals surface area contributed by atoms with E-state index in [9.17, 15) is 29.4 Å². The quantitative estimate of drug-likeness (QED) is 0.180. The van der Waals surface area contributed by atoms with E-state index in [1.165, 1.54) is 18.6 Å². The van der Waals surface area contributed by atoms with E-state index in [0.717, 1.165) is 36.8 Å². The van der Waals surface area contributed by atoms with Crippen molar-refractivity contribution in [3.05, 3.63) is 65.7 Å². The number of aliphatic hydroxyl groups is 1. The largest absolute Gasteiger partial charge is 0.508 e. The molecule has 1 saturated heterocycles. The second kappa shape index (κ2) is 16.9. The highest BCUT2D eigenvalue weighted by molar-refractivity contribution is 5.92. The van der Waals surface area contributed by atoms with Crippen molar-refractivity contribution in [2.45, 2.75) is 108 Å². The lowest BCUT2D eigenvalue weighted by molar-refractivity contribution is -0.133. The van der Waals surface area contributed by atoms with Crippen molar-refractivity contribution in [3.8, 4) is 5.75 Å². The van der Waals surface area contributed by atoms with Gasteiger partial charge in [-0.05, 0) is 81.5 Å². The summed E-state index contributed by atoms with van der Waals surface area (Å²) < 4.78 is 0. The van der Waals surface area contributed by atoms with Crippen molar-refractivity contribution in [1.82, 2.24) is 20.9 Å². The van der Waals surface area contributed by atoms with Gasteiger partial charge in [0.1, 0.15) is 11.8 Å². The summed E-state index contributed by atoms with van der Waals surface area (Å²) in [6.45, 7) is 6.73. The minimum absolute atomic E-state index is 0.0541. The first-order valence-corrected chi connectivity index (χ1v) is 17.2. The number of amides is 4. The molecule has 2 aromatic carbocycles. The number of hydrogen-bond acceptors (Lipinski definition) is 7. The molecule has 48 heavy (non-hydrogen) atoms. The van der Waals surface area contributed by atoms with Crippen molar-refractivity contribution in [1.29, 1.82) is 0 Å². The first kappa shape index (κ1) is 36.9. The zero-order valence-electron chi connectivity index (χ0n) is 28.5. The number of aliphatic hydroxyl groups excluding tert-OH is 1. The Kier molecular flexibility index (Phi) is 13.0. The molecule has 0 unspecified atom stereocenters. The van der Waals surface area contributed by atoms with Crippen LogP contribution >= 0.6 is 0 Å². The number of carbonyl (C=O) groups excluding carboxylic acids is 4. The van der Waals surface area contributed by atoms with Gasteiger partial charge in [0, 0.05) is 25.0 Å². The number of phenolic OH excluding ortho intramolecular Hbond substituents is 1. The molecule has 0 radical (unpaired) electrons. The van der Waals surface area contributed by atoms with Gasteiger partial charge in [-0.2, -0.15) is 0 Å². The molecule has 2 fully saturated rings. The summed E-state index contributed by atoms with van der Waals surface area (Å²) in [4.78, 5) is 54.2. The second-order valence-corrected chi connectivity index (χ2v) is 14.6. The molecule has 1 saturated carbocycles. The number of piperidine rings is 1. The number of β-amino-alcohol motifs (C(OH)–C–C–N with tert-alkyl or cyclic N) is 1. The molecule has 1 heterocycles. The molecular formula is C37H53N5O6. The zero-order valence-corrected chi connectivity index (χ0v) is 28.5. The average Bonchev–Trinajstić information content (AvgIpc) is 3.03. The number of nitrogens with one attached hydrogen (secondary N) is 3. The SMILES string of the molecule is CC(C)(C)NC(=O)[C@@H]1C[C@@H]2CCCC[C@@H]2CN1C[C@@H](O)[C@H](Cc1ccccc1)NC(=O)[C@H](CC(N)=O)NC(=O)CCc1ccc(O)cc1. The van der Waals surface area contributed by atoms with Crippen molar-refractivity contribution in [2.75, 3.05) is 13.1 Å². The predicted octanol–water partition coefficient (Wildman–Crippen LogP) is 2.57. The Balaban J connectivity index is 1.49. The second-order valence-electron chi connectivity index (χ2n) is 14.6. The molecule has 0 bridgehead atoms. The van der Waals surface area contributed by atoms with Crippen LogP contribution < -0.4 is 21.7 Å². The normalized spacial score (nSPS) is 21.6. The summed E-state index contributed by atoms with van der Waals surface area (Å²) in [6, 6.07) is 13.5. The van der Waals surface area contributed by atoms with Crippen molar-refractivity contribution in [2.24, 2.45) is 17.6 Å². The fraction of sp³-hybridized carbons (Fsp3) is 0.568. The van der Waals surface area contributed by atoms with Gasteiger partial charge in [-0.1, -0.05) is 61.7 Å². The molecule has 11 nitrogen and oxygen atoms in total. The fourth-order valence-corrected chi connectivity index (χ4v) is 7.03. The minimum atomic E-state index is -1.23. The van der Waals surface area contributed by atoms with Crippen LogP contribution in [0.2, 0.25) is 0 Å². The van der Waals surface area contributed by atoms with Crippen molar-refractivity contribution in [3.63, 3.8) is 0 Å². The van der Waals surface area contributed by atoms with E-state index in [1.54, 1.807) is 12.1 Å². The maximum Gasteiger partial charge on any atom is 0.243 e. The monoisotopic (exact) mass is 663 g/mol. The summed E-state index contributed by atoms with van der Waals surface area (Å²) in [7, 11) is 0. The molecule has 6 atom stereocenters. The lowest BCUT2D eigenvalue weighted by Crippen LogP contribution is -2.61. The van der Waals surface area contributed by atoms with Gasteiger partial charge in [0.15, 0.2) is 0 Å². The van der Waals surface area contributed by atoms with Crippen LogP contribution in [0.3, 0.4) is 0 Å². The Labute approximate surface area is 284 Å². The zero-order chi connectivity index (χ0) is 34.8. The molecule has 2 aromatic rings. The first-order chi connectivity index (χ1) is 22.8. The van der Waals surface area contributed by atoms with Gasteiger partial charge < -0.3 is 31.9 Å². The van der Waals surface area contributed by atoms with Gasteiger partial charge in [-0.15, -0.1) is 0 Å². The number of carbonyl (C=O) groups is 4. The van der Waals surface area contributed by atoms with Crippen LogP contribution in [0.15, 0.2) is 54.6 Å². The molecule has 262 valence electrons. The third-order valence-corrected chi connectivity index (χ3v) is 9.45. The lowest BCUT2D eigenvalue weighted by Gasteiger charge is -2.47. The molecule has 1 aliphatic heterocycles. The molecule has 4 rings (SSSR count). The van der Waals surface area contributed by atoms with Gasteiger partial charge in [-0.25, -0.2) is 0 Å². The number of aryl methyl sites for hydroxylation is 1. The Morgan fingerprint density at radius 3 is 2.25 bits per heavy atom. The molecule has 0 aromatic heterocycles. The lowest BCUT2D eigenvalue weighted by atomic mass is 9.72. The van der Waals surface area contributed by atoms with Crippen LogP contribution in [-0.4, -0.2) is 81.6 Å². The molecular weight excluding hydrogens is 610 g/mol. The van der Waals surface area contributed by atoms with E-state index in [1.807, 2.05) is 51.1 Å².